The number of hydrogen-bond acceptors (Lipinski definition) is 8. The predicted molar refractivity (Wildman–Crippen MR) is 127 cm³/mol. The number of hydrogen-bond donors (Lipinski definition) is 0. The van der Waals surface area contributed by atoms with E-state index in [0.717, 1.165) is 36.0 Å². The van der Waals surface area contributed by atoms with Gasteiger partial charge in [0.25, 0.3) is 5.71 Å². The lowest BCUT2D eigenvalue weighted by Crippen LogP contribution is -2.09. The first kappa shape index (κ1) is 21.3. The van der Waals surface area contributed by atoms with Gasteiger partial charge in [-0.1, -0.05) is 5.16 Å². The second kappa shape index (κ2) is 7.94. The monoisotopic (exact) mass is 470 g/mol. The standard InChI is InChI=1S/C27H22N2O6/c1-13-7-19(15(3)33-13)22-11-21(25-14(2)29-35-26(25)28-22)27(31)32-12-18-10-24(30)34-23-9-17-6-4-5-16(17)8-20(18)23/h7-11H,4-6,12H2,1-3H3. The van der Waals surface area contributed by atoms with Crippen LogP contribution >= 0.6 is 0 Å². The number of fused-ring (bicyclic) bond motifs is 3. The lowest BCUT2D eigenvalue weighted by molar-refractivity contribution is 0.0476. The molecule has 0 radical (unpaired) electrons. The fourth-order valence-corrected chi connectivity index (χ4v) is 4.91. The number of ether oxygens (including phenoxy) is 1. The molecular formula is C27H22N2O6. The van der Waals surface area contributed by atoms with Crippen LogP contribution in [0.5, 0.6) is 0 Å². The van der Waals surface area contributed by atoms with Crippen LogP contribution in [0.4, 0.5) is 0 Å². The van der Waals surface area contributed by atoms with Crippen molar-refractivity contribution in [3.8, 4) is 11.3 Å². The molecule has 5 aromatic rings. The molecule has 4 aromatic heterocycles. The third kappa shape index (κ3) is 3.62. The molecule has 0 spiro atoms. The molecule has 8 heteroatoms. The van der Waals surface area contributed by atoms with Gasteiger partial charge in [0.2, 0.25) is 0 Å². The van der Waals surface area contributed by atoms with Gasteiger partial charge < -0.3 is 18.1 Å². The average molecular weight is 470 g/mol. The minimum absolute atomic E-state index is 0.0763. The molecule has 1 aromatic carbocycles. The van der Waals surface area contributed by atoms with E-state index in [4.69, 9.17) is 18.1 Å². The summed E-state index contributed by atoms with van der Waals surface area (Å²) in [6, 6.07) is 8.87. The van der Waals surface area contributed by atoms with E-state index in [1.54, 1.807) is 13.0 Å². The molecule has 1 aliphatic carbocycles. The Bertz CT molecular complexity index is 1700. The van der Waals surface area contributed by atoms with Gasteiger partial charge in [-0.05, 0) is 75.4 Å². The Kier molecular flexibility index (Phi) is 4.84. The maximum absolute atomic E-state index is 13.3. The van der Waals surface area contributed by atoms with Gasteiger partial charge in [-0.3, -0.25) is 0 Å². The van der Waals surface area contributed by atoms with Crippen LogP contribution in [-0.4, -0.2) is 16.1 Å². The number of nitrogens with zero attached hydrogens (tertiary/aromatic N) is 2. The summed E-state index contributed by atoms with van der Waals surface area (Å²) in [5.74, 6) is 0.851. The zero-order valence-electron chi connectivity index (χ0n) is 19.6. The van der Waals surface area contributed by atoms with Gasteiger partial charge in [0.1, 0.15) is 23.7 Å². The van der Waals surface area contributed by atoms with Crippen LogP contribution in [0.1, 0.15) is 50.7 Å². The van der Waals surface area contributed by atoms with Crippen molar-refractivity contribution in [2.75, 3.05) is 0 Å². The number of furan rings is 1. The molecule has 0 amide bonds. The fraction of sp³-hybridized carbons (Fsp3) is 0.259. The maximum Gasteiger partial charge on any atom is 0.339 e. The smallest absolute Gasteiger partial charge is 0.339 e. The van der Waals surface area contributed by atoms with Crippen molar-refractivity contribution >= 4 is 28.0 Å². The minimum atomic E-state index is -0.564. The van der Waals surface area contributed by atoms with Gasteiger partial charge in [0.15, 0.2) is 0 Å². The second-order valence-corrected chi connectivity index (χ2v) is 8.97. The quantitative estimate of drug-likeness (QED) is 0.255. The number of carbonyl (C=O) groups excluding carboxylic acids is 1. The Hall–Kier alpha value is -4.20. The van der Waals surface area contributed by atoms with Crippen molar-refractivity contribution in [2.24, 2.45) is 0 Å². The molecule has 6 rings (SSSR count). The summed E-state index contributed by atoms with van der Waals surface area (Å²) < 4.78 is 22.1. The van der Waals surface area contributed by atoms with Gasteiger partial charge in [0, 0.05) is 22.6 Å². The molecule has 0 atom stereocenters. The highest BCUT2D eigenvalue weighted by atomic mass is 16.5. The lowest BCUT2D eigenvalue weighted by atomic mass is 10.0. The number of aromatic nitrogens is 2. The van der Waals surface area contributed by atoms with E-state index in [1.165, 1.54) is 17.2 Å². The van der Waals surface area contributed by atoms with E-state index < -0.39 is 11.6 Å². The predicted octanol–water partition coefficient (Wildman–Crippen LogP) is 5.36. The van der Waals surface area contributed by atoms with Gasteiger partial charge in [-0.15, -0.1) is 0 Å². The van der Waals surface area contributed by atoms with Crippen LogP contribution in [0.25, 0.3) is 33.3 Å². The molecular weight excluding hydrogens is 448 g/mol. The van der Waals surface area contributed by atoms with E-state index in [0.29, 0.717) is 33.7 Å². The molecule has 0 saturated heterocycles. The van der Waals surface area contributed by atoms with E-state index >= 15 is 0 Å². The van der Waals surface area contributed by atoms with Crippen LogP contribution in [0.2, 0.25) is 0 Å². The zero-order chi connectivity index (χ0) is 24.3. The number of pyridine rings is 1. The third-order valence-corrected chi connectivity index (χ3v) is 6.56. The van der Waals surface area contributed by atoms with E-state index in [2.05, 4.69) is 10.1 Å². The molecule has 35 heavy (non-hydrogen) atoms. The van der Waals surface area contributed by atoms with Gasteiger partial charge in [-0.25, -0.2) is 14.6 Å². The minimum Gasteiger partial charge on any atom is -0.466 e. The van der Waals surface area contributed by atoms with Crippen molar-refractivity contribution in [3.05, 3.63) is 80.2 Å². The first-order valence-electron chi connectivity index (χ1n) is 11.5. The summed E-state index contributed by atoms with van der Waals surface area (Å²) in [6.07, 6.45) is 3.04. The van der Waals surface area contributed by atoms with Crippen molar-refractivity contribution < 1.29 is 22.9 Å². The Balaban J connectivity index is 1.38. The fourth-order valence-electron chi connectivity index (χ4n) is 4.91. The normalized spacial score (nSPS) is 13.0. The molecule has 0 N–H and O–H groups in total. The summed E-state index contributed by atoms with van der Waals surface area (Å²) in [5, 5.41) is 5.26. The number of rotatable bonds is 4. The summed E-state index contributed by atoms with van der Waals surface area (Å²) in [5.41, 5.74) is 5.43. The zero-order valence-corrected chi connectivity index (χ0v) is 19.6. The van der Waals surface area contributed by atoms with Gasteiger partial charge in [0.05, 0.1) is 22.3 Å². The largest absolute Gasteiger partial charge is 0.466 e. The molecule has 176 valence electrons. The highest BCUT2D eigenvalue weighted by Gasteiger charge is 2.23. The summed E-state index contributed by atoms with van der Waals surface area (Å²) >= 11 is 0. The van der Waals surface area contributed by atoms with Gasteiger partial charge in [-0.2, -0.15) is 0 Å². The molecule has 0 unspecified atom stereocenters. The Morgan fingerprint density at radius 1 is 1.03 bits per heavy atom. The molecule has 1 aliphatic rings. The molecule has 0 fully saturated rings. The topological polar surface area (TPSA) is 109 Å². The average Bonchev–Trinajstić information content (AvgIpc) is 3.53. The maximum atomic E-state index is 13.3. The number of esters is 1. The van der Waals surface area contributed by atoms with E-state index in [-0.39, 0.29) is 17.9 Å². The second-order valence-electron chi connectivity index (χ2n) is 8.97. The van der Waals surface area contributed by atoms with Crippen LogP contribution < -0.4 is 5.63 Å². The molecule has 0 aliphatic heterocycles. The number of aryl methyl sites for hydroxylation is 5. The van der Waals surface area contributed by atoms with E-state index in [9.17, 15) is 9.59 Å². The van der Waals surface area contributed by atoms with Crippen molar-refractivity contribution in [3.63, 3.8) is 0 Å². The van der Waals surface area contributed by atoms with Crippen molar-refractivity contribution in [1.82, 2.24) is 10.1 Å². The summed E-state index contributed by atoms with van der Waals surface area (Å²) in [4.78, 5) is 30.1. The van der Waals surface area contributed by atoms with Crippen LogP contribution in [0.3, 0.4) is 0 Å². The van der Waals surface area contributed by atoms with Gasteiger partial charge >= 0.3 is 11.6 Å². The van der Waals surface area contributed by atoms with Crippen LogP contribution in [0, 0.1) is 20.8 Å². The Morgan fingerprint density at radius 3 is 2.60 bits per heavy atom. The Morgan fingerprint density at radius 2 is 1.83 bits per heavy atom. The highest BCUT2D eigenvalue weighted by Crippen LogP contribution is 2.32. The van der Waals surface area contributed by atoms with Crippen molar-refractivity contribution in [2.45, 2.75) is 46.6 Å². The first-order valence-corrected chi connectivity index (χ1v) is 11.5. The van der Waals surface area contributed by atoms with Crippen molar-refractivity contribution in [1.29, 1.82) is 0 Å². The number of benzene rings is 1. The molecule has 8 nitrogen and oxygen atoms in total. The molecule has 0 saturated carbocycles. The summed E-state index contributed by atoms with van der Waals surface area (Å²) in [6.45, 7) is 5.35. The van der Waals surface area contributed by atoms with Crippen LogP contribution in [0.15, 0.2) is 48.5 Å². The Labute approximate surface area is 199 Å². The lowest BCUT2D eigenvalue weighted by Gasteiger charge is -2.10. The summed E-state index contributed by atoms with van der Waals surface area (Å²) in [7, 11) is 0. The molecule has 4 heterocycles. The van der Waals surface area contributed by atoms with Crippen LogP contribution in [-0.2, 0) is 24.2 Å². The number of carbonyl (C=O) groups is 1. The SMILES string of the molecule is Cc1cc(-c2cc(C(=O)OCc3cc(=O)oc4cc5c(cc34)CCC5)c3c(C)noc3n2)c(C)o1. The third-order valence-electron chi connectivity index (χ3n) is 6.56. The highest BCUT2D eigenvalue weighted by molar-refractivity contribution is 6.04. The van der Waals surface area contributed by atoms with E-state index in [1.807, 2.05) is 32.0 Å². The molecule has 0 bridgehead atoms. The first-order chi connectivity index (χ1) is 16.9.